The lowest BCUT2D eigenvalue weighted by Crippen LogP contribution is -2.44. The second-order valence-corrected chi connectivity index (χ2v) is 8.46. The van der Waals surface area contributed by atoms with E-state index in [2.05, 4.69) is 12.2 Å². The molecule has 2 aliphatic heterocycles. The predicted octanol–water partition coefficient (Wildman–Crippen LogP) is 2.24. The van der Waals surface area contributed by atoms with Crippen LogP contribution in [0.4, 0.5) is 0 Å². The summed E-state index contributed by atoms with van der Waals surface area (Å²) >= 11 is 0. The van der Waals surface area contributed by atoms with Gasteiger partial charge in [0.15, 0.2) is 5.78 Å². The predicted molar refractivity (Wildman–Crippen MR) is 99.7 cm³/mol. The third kappa shape index (κ3) is 4.10. The normalized spacial score (nSPS) is 39.0. The van der Waals surface area contributed by atoms with E-state index in [0.29, 0.717) is 6.42 Å². The zero-order chi connectivity index (χ0) is 19.6. The monoisotopic (exact) mass is 377 g/mol. The summed E-state index contributed by atoms with van der Waals surface area (Å²) in [6, 6.07) is -0.633. The van der Waals surface area contributed by atoms with Crippen LogP contribution in [-0.4, -0.2) is 53.5 Å². The van der Waals surface area contributed by atoms with Gasteiger partial charge in [-0.3, -0.25) is 14.4 Å². The van der Waals surface area contributed by atoms with Crippen LogP contribution in [0.25, 0.3) is 0 Å². The van der Waals surface area contributed by atoms with Crippen molar-refractivity contribution >= 4 is 17.7 Å². The first-order valence-corrected chi connectivity index (χ1v) is 10.2. The molecule has 0 aromatic heterocycles. The van der Waals surface area contributed by atoms with Crippen LogP contribution in [0.2, 0.25) is 0 Å². The van der Waals surface area contributed by atoms with Gasteiger partial charge in [0.05, 0.1) is 24.7 Å². The number of ketones is 1. The van der Waals surface area contributed by atoms with E-state index in [0.717, 1.165) is 32.1 Å². The van der Waals surface area contributed by atoms with Crippen LogP contribution in [0.5, 0.6) is 0 Å². The van der Waals surface area contributed by atoms with Gasteiger partial charge in [-0.05, 0) is 31.6 Å². The first-order chi connectivity index (χ1) is 12.9. The smallest absolute Gasteiger partial charge is 0.312 e. The number of nitrogens with zero attached hydrogens (tertiary/aromatic N) is 1. The fourth-order valence-electron chi connectivity index (χ4n) is 4.65. The topological polar surface area (TPSA) is 83.9 Å². The van der Waals surface area contributed by atoms with Gasteiger partial charge < -0.3 is 14.7 Å². The van der Waals surface area contributed by atoms with Crippen LogP contribution in [0.15, 0.2) is 12.2 Å². The summed E-state index contributed by atoms with van der Waals surface area (Å²) in [7, 11) is 1.35. The van der Waals surface area contributed by atoms with Gasteiger partial charge in [-0.15, -0.1) is 0 Å². The van der Waals surface area contributed by atoms with Gasteiger partial charge in [0.2, 0.25) is 5.91 Å². The number of hydrogen-bond acceptors (Lipinski definition) is 5. The molecule has 0 spiro atoms. The highest BCUT2D eigenvalue weighted by Crippen LogP contribution is 2.57. The van der Waals surface area contributed by atoms with Crippen molar-refractivity contribution < 1.29 is 24.2 Å². The molecule has 0 aromatic carbocycles. The minimum atomic E-state index is -0.795. The summed E-state index contributed by atoms with van der Waals surface area (Å²) in [5.41, 5.74) is -0.795. The first-order valence-electron chi connectivity index (χ1n) is 10.2. The number of esters is 1. The van der Waals surface area contributed by atoms with E-state index in [-0.39, 0.29) is 48.9 Å². The molecule has 2 fully saturated rings. The number of allylic oxidation sites excluding steroid dienone is 2. The molecule has 150 valence electrons. The van der Waals surface area contributed by atoms with E-state index in [1.165, 1.54) is 7.11 Å². The molecule has 6 nitrogen and oxygen atoms in total. The molecule has 2 heterocycles. The second-order valence-electron chi connectivity index (χ2n) is 8.46. The number of carbonyl (C=O) groups is 3. The summed E-state index contributed by atoms with van der Waals surface area (Å²) in [6.07, 6.45) is 9.26. The Kier molecular flexibility index (Phi) is 6.04. The molecule has 6 heteroatoms. The van der Waals surface area contributed by atoms with Crippen LogP contribution in [0.1, 0.15) is 58.3 Å². The Morgan fingerprint density at radius 3 is 2.81 bits per heavy atom. The average Bonchev–Trinajstić information content (AvgIpc) is 3.19. The third-order valence-electron chi connectivity index (χ3n) is 6.45. The first kappa shape index (κ1) is 20.1. The van der Waals surface area contributed by atoms with Crippen molar-refractivity contribution in [2.75, 3.05) is 13.7 Å². The number of aliphatic hydroxyl groups excluding tert-OH is 1. The van der Waals surface area contributed by atoms with E-state index >= 15 is 0 Å². The standard InChI is InChI=1S/C21H31NO5/c1-14-8-6-4-3-5-7-9-15-11-21(15,20(26)27-2)12-18(24)17-10-16(23)13-22(17)19(14)25/h7,9,14-17,23H,3-6,8,10-13H2,1-2H3/b9-7-/t14-,15+,16+,17-,21+/m0/s1. The quantitative estimate of drug-likeness (QED) is 0.560. The number of ether oxygens (including phenoxy) is 1. The Balaban J connectivity index is 1.84. The highest BCUT2D eigenvalue weighted by Gasteiger charge is 2.61. The Bertz CT molecular complexity index is 630. The molecule has 0 unspecified atom stereocenters. The van der Waals surface area contributed by atoms with Gasteiger partial charge in [0.25, 0.3) is 0 Å². The SMILES string of the molecule is COC(=O)[C@]12CC(=O)[C@@H]3C[C@@H](O)CN3C(=O)[C@@H](C)CCCCC/C=C\[C@@H]1C2. The van der Waals surface area contributed by atoms with Crippen LogP contribution in [0, 0.1) is 17.3 Å². The Hall–Kier alpha value is -1.69. The number of fused-ring (bicyclic) bond motifs is 2. The maximum absolute atomic E-state index is 13.1. The number of amides is 1. The van der Waals surface area contributed by atoms with Crippen LogP contribution >= 0.6 is 0 Å². The Labute approximate surface area is 160 Å². The lowest BCUT2D eigenvalue weighted by molar-refractivity contribution is -0.150. The maximum Gasteiger partial charge on any atom is 0.312 e. The van der Waals surface area contributed by atoms with E-state index in [9.17, 15) is 19.5 Å². The second kappa shape index (κ2) is 8.13. The van der Waals surface area contributed by atoms with E-state index < -0.39 is 17.6 Å². The summed E-state index contributed by atoms with van der Waals surface area (Å²) < 4.78 is 4.99. The highest BCUT2D eigenvalue weighted by molar-refractivity contribution is 5.95. The van der Waals surface area contributed by atoms with Gasteiger partial charge >= 0.3 is 5.97 Å². The maximum atomic E-state index is 13.1. The molecular weight excluding hydrogens is 346 g/mol. The van der Waals surface area contributed by atoms with Crippen LogP contribution in [0.3, 0.4) is 0 Å². The number of aliphatic hydroxyl groups is 1. The number of hydrogen-bond donors (Lipinski definition) is 1. The molecule has 1 N–H and O–H groups in total. The van der Waals surface area contributed by atoms with Crippen LogP contribution < -0.4 is 0 Å². The number of methoxy groups -OCH3 is 1. The average molecular weight is 377 g/mol. The van der Waals surface area contributed by atoms with Crippen molar-refractivity contribution in [1.29, 1.82) is 0 Å². The number of rotatable bonds is 1. The number of Topliss-reactive ketones (excluding diaryl/α,β-unsaturated/α-hetero) is 1. The van der Waals surface area contributed by atoms with Gasteiger partial charge in [-0.1, -0.05) is 31.9 Å². The van der Waals surface area contributed by atoms with E-state index in [1.54, 1.807) is 4.90 Å². The zero-order valence-electron chi connectivity index (χ0n) is 16.4. The molecule has 0 radical (unpaired) electrons. The lowest BCUT2D eigenvalue weighted by Gasteiger charge is -2.27. The molecule has 3 aliphatic rings. The summed E-state index contributed by atoms with van der Waals surface area (Å²) in [6.45, 7) is 2.10. The molecule has 1 aliphatic carbocycles. The Morgan fingerprint density at radius 2 is 2.07 bits per heavy atom. The zero-order valence-corrected chi connectivity index (χ0v) is 16.4. The van der Waals surface area contributed by atoms with E-state index in [1.807, 2.05) is 6.92 Å². The molecule has 0 bridgehead atoms. The van der Waals surface area contributed by atoms with E-state index in [4.69, 9.17) is 4.74 Å². The third-order valence-corrected chi connectivity index (χ3v) is 6.45. The highest BCUT2D eigenvalue weighted by atomic mass is 16.5. The van der Waals surface area contributed by atoms with Gasteiger partial charge in [0, 0.05) is 25.3 Å². The lowest BCUT2D eigenvalue weighted by atomic mass is 9.91. The molecule has 27 heavy (non-hydrogen) atoms. The molecule has 3 rings (SSSR count). The summed E-state index contributed by atoms with van der Waals surface area (Å²) in [4.78, 5) is 39.9. The van der Waals surface area contributed by atoms with Gasteiger partial charge in [-0.25, -0.2) is 0 Å². The number of carbonyl (C=O) groups excluding carboxylic acids is 3. The van der Waals surface area contributed by atoms with Crippen molar-refractivity contribution in [1.82, 2.24) is 4.90 Å². The summed E-state index contributed by atoms with van der Waals surface area (Å²) in [5.74, 6) is -0.678. The molecule has 1 saturated carbocycles. The Morgan fingerprint density at radius 1 is 1.30 bits per heavy atom. The van der Waals surface area contributed by atoms with Gasteiger partial charge in [0.1, 0.15) is 0 Å². The minimum absolute atomic E-state index is 0.0217. The van der Waals surface area contributed by atoms with Crippen LogP contribution in [-0.2, 0) is 19.1 Å². The molecule has 0 aromatic rings. The molecule has 5 atom stereocenters. The fraction of sp³-hybridized carbons (Fsp3) is 0.762. The molecular formula is C21H31NO5. The largest absolute Gasteiger partial charge is 0.469 e. The van der Waals surface area contributed by atoms with Gasteiger partial charge in [-0.2, -0.15) is 0 Å². The molecule has 1 amide bonds. The van der Waals surface area contributed by atoms with Crippen molar-refractivity contribution in [3.05, 3.63) is 12.2 Å². The summed E-state index contributed by atoms with van der Waals surface area (Å²) in [5, 5.41) is 10.1. The van der Waals surface area contributed by atoms with Crippen molar-refractivity contribution in [3.8, 4) is 0 Å². The van der Waals surface area contributed by atoms with Crippen molar-refractivity contribution in [3.63, 3.8) is 0 Å². The minimum Gasteiger partial charge on any atom is -0.469 e. The van der Waals surface area contributed by atoms with Crippen molar-refractivity contribution in [2.24, 2.45) is 17.3 Å². The van der Waals surface area contributed by atoms with Crippen molar-refractivity contribution in [2.45, 2.75) is 70.4 Å². The molecule has 1 saturated heterocycles. The fourth-order valence-corrected chi connectivity index (χ4v) is 4.65.